The Hall–Kier alpha value is -2.37. The zero-order chi connectivity index (χ0) is 17.8. The van der Waals surface area contributed by atoms with Crippen LogP contribution in [0.4, 0.5) is 0 Å². The minimum Gasteiger partial charge on any atom is -0.481 e. The maximum Gasteiger partial charge on any atom is 0.309 e. The second-order valence-corrected chi connectivity index (χ2v) is 7.84. The molecule has 4 aliphatic carbocycles. The van der Waals surface area contributed by atoms with Gasteiger partial charge in [-0.05, 0) is 49.8 Å². The second kappa shape index (κ2) is 5.31. The largest absolute Gasteiger partial charge is 0.481 e. The summed E-state index contributed by atoms with van der Waals surface area (Å²) >= 11 is 0. The molecule has 2 N–H and O–H groups in total. The van der Waals surface area contributed by atoms with Crippen molar-refractivity contribution in [2.24, 2.45) is 10.8 Å². The van der Waals surface area contributed by atoms with Crippen molar-refractivity contribution < 1.29 is 19.5 Å². The van der Waals surface area contributed by atoms with Gasteiger partial charge in [0, 0.05) is 25.2 Å². The molecule has 5 rings (SSSR count). The lowest BCUT2D eigenvalue weighted by atomic mass is 9.34. The van der Waals surface area contributed by atoms with Crippen LogP contribution in [0.25, 0.3) is 0 Å². The quantitative estimate of drug-likeness (QED) is 0.825. The van der Waals surface area contributed by atoms with Crippen LogP contribution in [0.2, 0.25) is 0 Å². The molecular formula is C19H22N2O4. The number of rotatable bonds is 6. The molecule has 6 heteroatoms. The average molecular weight is 342 g/mol. The van der Waals surface area contributed by atoms with E-state index in [4.69, 9.17) is 0 Å². The number of carbonyl (C=O) groups excluding carboxylic acids is 2. The lowest BCUT2D eigenvalue weighted by Crippen LogP contribution is -2.70. The summed E-state index contributed by atoms with van der Waals surface area (Å²) in [5.74, 6) is -0.770. The van der Waals surface area contributed by atoms with Crippen molar-refractivity contribution in [2.45, 2.75) is 44.7 Å². The van der Waals surface area contributed by atoms with Crippen LogP contribution in [0.1, 0.15) is 48.0 Å². The summed E-state index contributed by atoms with van der Waals surface area (Å²) < 4.78 is 0. The van der Waals surface area contributed by atoms with Crippen molar-refractivity contribution in [3.63, 3.8) is 0 Å². The van der Waals surface area contributed by atoms with Gasteiger partial charge in [0.2, 0.25) is 5.91 Å². The topological polar surface area (TPSA) is 86.7 Å². The van der Waals surface area contributed by atoms with Crippen molar-refractivity contribution in [1.82, 2.24) is 10.2 Å². The van der Waals surface area contributed by atoms with E-state index in [0.717, 1.165) is 18.4 Å². The minimum atomic E-state index is -0.759. The van der Waals surface area contributed by atoms with Gasteiger partial charge in [-0.15, -0.1) is 0 Å². The first-order valence-corrected chi connectivity index (χ1v) is 8.75. The monoisotopic (exact) mass is 342 g/mol. The number of carbonyl (C=O) groups is 3. The van der Waals surface area contributed by atoms with Crippen LogP contribution in [-0.4, -0.2) is 40.9 Å². The number of carboxylic acid groups (broad SMARTS) is 1. The van der Waals surface area contributed by atoms with Crippen molar-refractivity contribution >= 4 is 17.8 Å². The fourth-order valence-corrected chi connectivity index (χ4v) is 4.40. The van der Waals surface area contributed by atoms with Gasteiger partial charge in [-0.25, -0.2) is 0 Å². The predicted octanol–water partition coefficient (Wildman–Crippen LogP) is 1.79. The predicted molar refractivity (Wildman–Crippen MR) is 89.8 cm³/mol. The Morgan fingerprint density at radius 1 is 1.12 bits per heavy atom. The molecule has 0 saturated heterocycles. The van der Waals surface area contributed by atoms with Crippen molar-refractivity contribution in [1.29, 1.82) is 0 Å². The molecule has 2 bridgehead atoms. The summed E-state index contributed by atoms with van der Waals surface area (Å²) in [6.45, 7) is 0.527. The van der Waals surface area contributed by atoms with E-state index < -0.39 is 16.8 Å². The van der Waals surface area contributed by atoms with E-state index in [1.165, 1.54) is 0 Å². The highest BCUT2D eigenvalue weighted by molar-refractivity contribution is 5.94. The molecule has 132 valence electrons. The number of nitrogens with one attached hydrogen (secondary N) is 1. The molecule has 4 saturated carbocycles. The maximum atomic E-state index is 13.0. The summed E-state index contributed by atoms with van der Waals surface area (Å²) in [4.78, 5) is 37.8. The van der Waals surface area contributed by atoms with Gasteiger partial charge < -0.3 is 15.3 Å². The zero-order valence-corrected chi connectivity index (χ0v) is 14.2. The van der Waals surface area contributed by atoms with E-state index in [2.05, 4.69) is 5.32 Å². The van der Waals surface area contributed by atoms with Crippen molar-refractivity contribution in [2.75, 3.05) is 7.05 Å². The molecule has 1 aromatic rings. The molecule has 25 heavy (non-hydrogen) atoms. The molecule has 1 aromatic carbocycles. The van der Waals surface area contributed by atoms with E-state index in [1.54, 1.807) is 19.2 Å². The molecule has 2 amide bonds. The van der Waals surface area contributed by atoms with E-state index in [-0.39, 0.29) is 17.9 Å². The summed E-state index contributed by atoms with van der Waals surface area (Å²) in [5, 5.41) is 11.8. The molecule has 4 fully saturated rings. The van der Waals surface area contributed by atoms with Crippen LogP contribution in [0.15, 0.2) is 24.3 Å². The standard InChI is InChI=1S/C19H22N2O4/c1-20-15(22)13-4-2-12(3-5-13)8-21(14-6-7-14)16(23)18-9-19(10-18,11-18)17(24)25/h2-5,14H,6-11H2,1H3,(H,20,22)(H,24,25). The number of nitrogens with zero attached hydrogens (tertiary/aromatic N) is 1. The van der Waals surface area contributed by atoms with E-state index >= 15 is 0 Å². The van der Waals surface area contributed by atoms with Crippen LogP contribution < -0.4 is 5.32 Å². The Morgan fingerprint density at radius 2 is 1.72 bits per heavy atom. The Balaban J connectivity index is 1.45. The number of benzene rings is 1. The summed E-state index contributed by atoms with van der Waals surface area (Å²) in [6, 6.07) is 7.58. The Bertz CT molecular complexity index is 731. The Labute approximate surface area is 146 Å². The van der Waals surface area contributed by atoms with Gasteiger partial charge in [0.15, 0.2) is 0 Å². The van der Waals surface area contributed by atoms with Crippen LogP contribution in [0.5, 0.6) is 0 Å². The number of aliphatic carboxylic acids is 1. The van der Waals surface area contributed by atoms with Crippen molar-refractivity contribution in [3.8, 4) is 0 Å². The first kappa shape index (κ1) is 16.1. The van der Waals surface area contributed by atoms with Gasteiger partial charge in [0.25, 0.3) is 5.91 Å². The number of hydrogen-bond donors (Lipinski definition) is 2. The molecule has 6 nitrogen and oxygen atoms in total. The molecule has 0 aromatic heterocycles. The van der Waals surface area contributed by atoms with Crippen molar-refractivity contribution in [3.05, 3.63) is 35.4 Å². The van der Waals surface area contributed by atoms with Crippen LogP contribution in [0, 0.1) is 10.8 Å². The average Bonchev–Trinajstić information content (AvgIpc) is 3.34. The second-order valence-electron chi connectivity index (χ2n) is 7.84. The lowest BCUT2D eigenvalue weighted by molar-refractivity contribution is -0.226. The zero-order valence-electron chi connectivity index (χ0n) is 14.2. The van der Waals surface area contributed by atoms with Gasteiger partial charge in [-0.1, -0.05) is 12.1 Å². The van der Waals surface area contributed by atoms with Crippen LogP contribution >= 0.6 is 0 Å². The van der Waals surface area contributed by atoms with E-state index in [9.17, 15) is 19.5 Å². The molecule has 4 aliphatic rings. The SMILES string of the molecule is CNC(=O)c1ccc(CN(C(=O)C23CC(C(=O)O)(C2)C3)C2CC2)cc1. The molecular weight excluding hydrogens is 320 g/mol. The normalized spacial score (nSPS) is 29.2. The Kier molecular flexibility index (Phi) is 3.42. The molecule has 0 unspecified atom stereocenters. The van der Waals surface area contributed by atoms with E-state index in [0.29, 0.717) is 31.4 Å². The molecule has 0 radical (unpaired) electrons. The van der Waals surface area contributed by atoms with Gasteiger partial charge in [-0.3, -0.25) is 14.4 Å². The summed E-state index contributed by atoms with van der Waals surface area (Å²) in [6.07, 6.45) is 3.51. The first-order chi connectivity index (χ1) is 11.9. The third-order valence-corrected chi connectivity index (χ3v) is 5.98. The van der Waals surface area contributed by atoms with Gasteiger partial charge in [0.1, 0.15) is 0 Å². The highest BCUT2D eigenvalue weighted by Gasteiger charge is 2.76. The summed E-state index contributed by atoms with van der Waals surface area (Å²) in [7, 11) is 1.59. The van der Waals surface area contributed by atoms with E-state index in [1.807, 2.05) is 17.0 Å². The third kappa shape index (κ3) is 2.42. The molecule has 0 atom stereocenters. The first-order valence-electron chi connectivity index (χ1n) is 8.75. The minimum absolute atomic E-state index is 0.119. The Morgan fingerprint density at radius 3 is 2.20 bits per heavy atom. The van der Waals surface area contributed by atoms with Gasteiger partial charge >= 0.3 is 5.97 Å². The molecule has 0 aliphatic heterocycles. The third-order valence-electron chi connectivity index (χ3n) is 5.98. The highest BCUT2D eigenvalue weighted by Crippen LogP contribution is 2.74. The van der Waals surface area contributed by atoms with Crippen LogP contribution in [-0.2, 0) is 16.1 Å². The number of hydrogen-bond acceptors (Lipinski definition) is 3. The fraction of sp³-hybridized carbons (Fsp3) is 0.526. The maximum absolute atomic E-state index is 13.0. The number of carboxylic acids is 1. The molecule has 0 spiro atoms. The molecule has 0 heterocycles. The summed E-state index contributed by atoms with van der Waals surface area (Å²) in [5.41, 5.74) is 0.536. The number of amides is 2. The van der Waals surface area contributed by atoms with Gasteiger partial charge in [0.05, 0.1) is 10.8 Å². The lowest BCUT2D eigenvalue weighted by Gasteiger charge is -2.67. The van der Waals surface area contributed by atoms with Crippen LogP contribution in [0.3, 0.4) is 0 Å². The van der Waals surface area contributed by atoms with Gasteiger partial charge in [-0.2, -0.15) is 0 Å². The highest BCUT2D eigenvalue weighted by atomic mass is 16.4. The smallest absolute Gasteiger partial charge is 0.309 e. The fourth-order valence-electron chi connectivity index (χ4n) is 4.40.